The zero-order chi connectivity index (χ0) is 28.5. The molecule has 0 aromatic heterocycles. The smallest absolute Gasteiger partial charge is 0.100 e. The van der Waals surface area contributed by atoms with Gasteiger partial charge in [-0.2, -0.15) is 10.5 Å². The van der Waals surface area contributed by atoms with Crippen LogP contribution in [0.3, 0.4) is 0 Å². The van der Waals surface area contributed by atoms with Gasteiger partial charge in [-0.3, -0.25) is 0 Å². The molecule has 0 fully saturated rings. The normalized spacial score (nSPS) is 21.2. The molecule has 2 aromatic carbocycles. The summed E-state index contributed by atoms with van der Waals surface area (Å²) in [5.41, 5.74) is 2.07. The van der Waals surface area contributed by atoms with Gasteiger partial charge in [0.1, 0.15) is 12.1 Å². The van der Waals surface area contributed by atoms with Gasteiger partial charge >= 0.3 is 0 Å². The molecule has 0 saturated carbocycles. The third-order valence-corrected chi connectivity index (χ3v) is 22.3. The molecule has 5 aliphatic rings. The third-order valence-electron chi connectivity index (χ3n) is 6.81. The quantitative estimate of drug-likeness (QED) is 0.287. The second kappa shape index (κ2) is 13.1. The molecular weight excluding hydrogens is 688 g/mol. The van der Waals surface area contributed by atoms with Crippen LogP contribution in [-0.4, -0.2) is 28.3 Å². The number of hydrogen-bond acceptors (Lipinski definition) is 10. The Kier molecular flexibility index (Phi) is 9.27. The highest BCUT2D eigenvalue weighted by molar-refractivity contribution is 8.42. The minimum absolute atomic E-state index is 0.676. The summed E-state index contributed by atoms with van der Waals surface area (Å²) in [5.74, 6) is 4.57. The number of hydrogen-bond donors (Lipinski definition) is 0. The van der Waals surface area contributed by atoms with Crippen LogP contribution in [0, 0.1) is 22.7 Å². The van der Waals surface area contributed by atoms with Crippen molar-refractivity contribution in [2.75, 3.05) is 23.0 Å². The molecule has 0 unspecified atom stereocenters. The number of benzene rings is 2. The summed E-state index contributed by atoms with van der Waals surface area (Å²) in [6, 6.07) is 25.6. The molecule has 0 aliphatic carbocycles. The molecule has 0 atom stereocenters. The van der Waals surface area contributed by atoms with Crippen molar-refractivity contribution in [2.45, 2.75) is 0 Å². The van der Waals surface area contributed by atoms with Crippen molar-refractivity contribution in [2.24, 2.45) is 0 Å². The van der Waals surface area contributed by atoms with Crippen LogP contribution in [-0.2, 0) is 0 Å². The SMILES string of the molecule is N#CC1=CC(C(C=C2SC3=C(SCCS3)S2)=C2SC3=C(SCCS3)S2)=CC(C#N)=P1(c1ccccc1)c1ccccc1. The summed E-state index contributed by atoms with van der Waals surface area (Å²) in [7, 11) is 0. The van der Waals surface area contributed by atoms with E-state index in [2.05, 4.69) is 54.6 Å². The molecule has 208 valence electrons. The second-order valence-corrected chi connectivity index (χ2v) is 22.7. The van der Waals surface area contributed by atoms with Crippen LogP contribution >= 0.6 is 101 Å². The molecule has 0 radical (unpaired) electrons. The first-order valence-electron chi connectivity index (χ1n) is 13.0. The summed E-state index contributed by atoms with van der Waals surface area (Å²) in [6.07, 6.45) is 6.50. The predicted octanol–water partition coefficient (Wildman–Crippen LogP) is 9.92. The van der Waals surface area contributed by atoms with Gasteiger partial charge in [-0.1, -0.05) is 108 Å². The molecule has 11 heteroatoms. The summed E-state index contributed by atoms with van der Waals surface area (Å²) in [5, 5.41) is 25.0. The van der Waals surface area contributed by atoms with E-state index in [0.717, 1.165) is 44.8 Å². The Labute approximate surface area is 280 Å². The molecule has 0 bridgehead atoms. The lowest BCUT2D eigenvalue weighted by Gasteiger charge is -2.31. The zero-order valence-electron chi connectivity index (χ0n) is 21.9. The molecule has 5 aliphatic heterocycles. The maximum atomic E-state index is 10.8. The third kappa shape index (κ3) is 5.51. The predicted molar refractivity (Wildman–Crippen MR) is 201 cm³/mol. The Bertz CT molecular complexity index is 1720. The molecule has 0 saturated heterocycles. The monoisotopic (exact) mass is 708 g/mol. The van der Waals surface area contributed by atoms with Gasteiger partial charge in [0.15, 0.2) is 0 Å². The highest BCUT2D eigenvalue weighted by atomic mass is 32.3. The van der Waals surface area contributed by atoms with Gasteiger partial charge in [-0.25, -0.2) is 0 Å². The first-order chi connectivity index (χ1) is 20.7. The Balaban J connectivity index is 1.43. The van der Waals surface area contributed by atoms with Crippen LogP contribution in [0.2, 0.25) is 0 Å². The minimum Gasteiger partial charge on any atom is -0.192 e. The Hall–Kier alpha value is -1.04. The van der Waals surface area contributed by atoms with Crippen molar-refractivity contribution in [3.63, 3.8) is 0 Å². The minimum atomic E-state index is -2.63. The number of thioether (sulfide) groups is 8. The van der Waals surface area contributed by atoms with Gasteiger partial charge in [0.05, 0.1) is 36.0 Å². The average Bonchev–Trinajstić information content (AvgIpc) is 3.67. The Morgan fingerprint density at radius 3 is 1.62 bits per heavy atom. The number of nitriles is 2. The van der Waals surface area contributed by atoms with Crippen LogP contribution in [0.4, 0.5) is 0 Å². The molecule has 42 heavy (non-hydrogen) atoms. The first kappa shape index (κ1) is 29.7. The Morgan fingerprint density at radius 2 is 1.14 bits per heavy atom. The maximum Gasteiger partial charge on any atom is 0.100 e. The lowest BCUT2D eigenvalue weighted by atomic mass is 10.1. The largest absolute Gasteiger partial charge is 0.192 e. The van der Waals surface area contributed by atoms with E-state index in [1.165, 1.54) is 25.4 Å². The molecule has 5 heterocycles. The van der Waals surface area contributed by atoms with Gasteiger partial charge in [0.2, 0.25) is 0 Å². The van der Waals surface area contributed by atoms with Crippen molar-refractivity contribution in [1.82, 2.24) is 0 Å². The topological polar surface area (TPSA) is 47.6 Å². The number of nitrogens with zero attached hydrogens (tertiary/aromatic N) is 2. The van der Waals surface area contributed by atoms with Crippen molar-refractivity contribution in [3.8, 4) is 12.1 Å². The fraction of sp³-hybridized carbons (Fsp3) is 0.129. The summed E-state index contributed by atoms with van der Waals surface area (Å²) >= 11 is 15.3. The molecule has 7 rings (SSSR count). The van der Waals surface area contributed by atoms with Gasteiger partial charge in [0.25, 0.3) is 0 Å². The van der Waals surface area contributed by atoms with Crippen LogP contribution in [0.5, 0.6) is 0 Å². The second-order valence-electron chi connectivity index (χ2n) is 9.20. The van der Waals surface area contributed by atoms with Gasteiger partial charge in [-0.05, 0) is 34.4 Å². The first-order valence-corrected chi connectivity index (χ1v) is 22.0. The Morgan fingerprint density at radius 1 is 0.643 bits per heavy atom. The van der Waals surface area contributed by atoms with Crippen molar-refractivity contribution >= 4 is 117 Å². The van der Waals surface area contributed by atoms with E-state index < -0.39 is 6.89 Å². The van der Waals surface area contributed by atoms with Gasteiger partial charge in [-0.15, -0.1) is 47.0 Å². The zero-order valence-corrected chi connectivity index (χ0v) is 29.4. The van der Waals surface area contributed by atoms with E-state index >= 15 is 0 Å². The maximum absolute atomic E-state index is 10.8. The molecular formula is C31H21N2PS8. The molecule has 0 N–H and O–H groups in total. The highest BCUT2D eigenvalue weighted by Gasteiger charge is 2.36. The van der Waals surface area contributed by atoms with E-state index in [1.54, 1.807) is 0 Å². The average molecular weight is 709 g/mol. The van der Waals surface area contributed by atoms with Crippen LogP contribution in [0.1, 0.15) is 0 Å². The summed E-state index contributed by atoms with van der Waals surface area (Å²) in [4.78, 5) is 0. The standard InChI is InChI=1S/C31H21N2PS8/c32-18-23-15-20(16-24(19-33)34(23,21-7-3-1-4-8-21)22-9-5-2-6-10-22)25(27-41-30-31(42-27)38-14-13-37-30)17-26-39-28-29(40-26)36-12-11-35-28/h1-10,15-17H,11-14H2. The highest BCUT2D eigenvalue weighted by Crippen LogP contribution is 2.64. The van der Waals surface area contributed by atoms with Crippen molar-refractivity contribution in [1.29, 1.82) is 10.5 Å². The molecule has 0 amide bonds. The molecule has 0 spiro atoms. The van der Waals surface area contributed by atoms with Crippen LogP contribution in [0.15, 0.2) is 121 Å². The van der Waals surface area contributed by atoms with E-state index in [4.69, 9.17) is 0 Å². The van der Waals surface area contributed by atoms with Crippen LogP contribution in [0.25, 0.3) is 0 Å². The van der Waals surface area contributed by atoms with E-state index in [-0.39, 0.29) is 0 Å². The lowest BCUT2D eigenvalue weighted by molar-refractivity contribution is 1.50. The lowest BCUT2D eigenvalue weighted by Crippen LogP contribution is -2.24. The van der Waals surface area contributed by atoms with Crippen molar-refractivity contribution in [3.05, 3.63) is 121 Å². The summed E-state index contributed by atoms with van der Waals surface area (Å²) < 4.78 is 8.10. The van der Waals surface area contributed by atoms with Gasteiger partial charge < -0.3 is 0 Å². The fourth-order valence-corrected chi connectivity index (χ4v) is 20.8. The number of rotatable bonds is 4. The van der Waals surface area contributed by atoms with E-state index in [9.17, 15) is 10.5 Å². The van der Waals surface area contributed by atoms with Gasteiger partial charge in [0, 0.05) is 35.5 Å². The van der Waals surface area contributed by atoms with Crippen LogP contribution < -0.4 is 10.6 Å². The number of allylic oxidation sites excluding steroid dienone is 6. The van der Waals surface area contributed by atoms with Crippen molar-refractivity contribution < 1.29 is 0 Å². The van der Waals surface area contributed by atoms with E-state index in [1.807, 2.05) is 130 Å². The fourth-order valence-electron chi connectivity index (χ4n) is 5.04. The molecule has 2 nitrogen and oxygen atoms in total. The van der Waals surface area contributed by atoms with E-state index in [0.29, 0.717) is 10.6 Å². The molecule has 2 aromatic rings. The summed E-state index contributed by atoms with van der Waals surface area (Å²) in [6.45, 7) is -2.63.